The minimum atomic E-state index is 0.263. The van der Waals surface area contributed by atoms with Crippen molar-refractivity contribution in [3.63, 3.8) is 0 Å². The highest BCUT2D eigenvalue weighted by Crippen LogP contribution is 2.16. The molecule has 5 nitrogen and oxygen atoms in total. The summed E-state index contributed by atoms with van der Waals surface area (Å²) in [6.45, 7) is 0.548. The molecule has 0 unspecified atom stereocenters. The molecule has 2 aromatic rings. The van der Waals surface area contributed by atoms with Gasteiger partial charge in [0, 0.05) is 18.3 Å². The van der Waals surface area contributed by atoms with Crippen LogP contribution in [-0.4, -0.2) is 24.7 Å². The first-order chi connectivity index (χ1) is 10.2. The first-order valence-corrected chi connectivity index (χ1v) is 6.66. The molecule has 0 fully saturated rings. The highest BCUT2D eigenvalue weighted by atomic mass is 16.5. The molecule has 21 heavy (non-hydrogen) atoms. The van der Waals surface area contributed by atoms with Gasteiger partial charge in [0.1, 0.15) is 11.5 Å². The third-order valence-electron chi connectivity index (χ3n) is 2.94. The minimum Gasteiger partial charge on any atom is -0.508 e. The summed E-state index contributed by atoms with van der Waals surface area (Å²) in [5.74, 6) is 1.37. The third-order valence-corrected chi connectivity index (χ3v) is 2.94. The van der Waals surface area contributed by atoms with Crippen LogP contribution in [0.2, 0.25) is 0 Å². The summed E-state index contributed by atoms with van der Waals surface area (Å²) in [4.78, 5) is 4.26. The molecule has 0 bridgehead atoms. The standard InChI is InChI=1S/C16H19N3O2/c1-21-15-7-3-5-13(11-15)19-16(17)18-9-8-12-4-2-6-14(20)10-12/h2-7,10-11,20H,8-9H2,1H3,(H3,17,18,19). The second-order valence-electron chi connectivity index (χ2n) is 4.54. The molecule has 110 valence electrons. The number of nitrogens with one attached hydrogen (secondary N) is 1. The molecule has 0 aliphatic rings. The van der Waals surface area contributed by atoms with Crippen molar-refractivity contribution in [1.29, 1.82) is 0 Å². The second-order valence-corrected chi connectivity index (χ2v) is 4.54. The summed E-state index contributed by atoms with van der Waals surface area (Å²) in [6.07, 6.45) is 0.717. The van der Waals surface area contributed by atoms with E-state index in [0.717, 1.165) is 23.4 Å². The molecule has 0 aliphatic heterocycles. The van der Waals surface area contributed by atoms with Gasteiger partial charge in [-0.2, -0.15) is 0 Å². The SMILES string of the molecule is COc1cccc(NC(N)=NCCc2cccc(O)c2)c1. The molecule has 2 rings (SSSR count). The predicted octanol–water partition coefficient (Wildman–Crippen LogP) is 2.37. The van der Waals surface area contributed by atoms with E-state index in [9.17, 15) is 5.11 Å². The molecule has 0 heterocycles. The summed E-state index contributed by atoms with van der Waals surface area (Å²) >= 11 is 0. The lowest BCUT2D eigenvalue weighted by Gasteiger charge is -2.07. The Morgan fingerprint density at radius 3 is 2.81 bits per heavy atom. The van der Waals surface area contributed by atoms with Crippen LogP contribution in [0.25, 0.3) is 0 Å². The highest BCUT2D eigenvalue weighted by molar-refractivity contribution is 5.92. The fourth-order valence-electron chi connectivity index (χ4n) is 1.91. The largest absolute Gasteiger partial charge is 0.508 e. The monoisotopic (exact) mass is 285 g/mol. The van der Waals surface area contributed by atoms with E-state index < -0.39 is 0 Å². The van der Waals surface area contributed by atoms with Crippen LogP contribution in [0.5, 0.6) is 11.5 Å². The Morgan fingerprint density at radius 2 is 2.05 bits per heavy atom. The number of methoxy groups -OCH3 is 1. The van der Waals surface area contributed by atoms with Crippen LogP contribution in [0.4, 0.5) is 5.69 Å². The molecule has 0 aliphatic carbocycles. The zero-order valence-corrected chi connectivity index (χ0v) is 11.9. The fraction of sp³-hybridized carbons (Fsp3) is 0.188. The van der Waals surface area contributed by atoms with Gasteiger partial charge in [0.15, 0.2) is 5.96 Å². The maximum Gasteiger partial charge on any atom is 0.193 e. The smallest absolute Gasteiger partial charge is 0.193 e. The van der Waals surface area contributed by atoms with Crippen LogP contribution in [0.1, 0.15) is 5.56 Å². The van der Waals surface area contributed by atoms with E-state index in [1.807, 2.05) is 36.4 Å². The number of benzene rings is 2. The molecular weight excluding hydrogens is 266 g/mol. The van der Waals surface area contributed by atoms with Crippen LogP contribution >= 0.6 is 0 Å². The average molecular weight is 285 g/mol. The molecule has 0 atom stereocenters. The number of phenols is 1. The summed E-state index contributed by atoms with van der Waals surface area (Å²) in [6, 6.07) is 14.6. The van der Waals surface area contributed by atoms with Gasteiger partial charge in [-0.3, -0.25) is 4.99 Å². The third kappa shape index (κ3) is 4.72. The quantitative estimate of drug-likeness (QED) is 0.582. The number of anilines is 1. The Balaban J connectivity index is 1.89. The van der Waals surface area contributed by atoms with Crippen molar-refractivity contribution in [3.05, 3.63) is 54.1 Å². The zero-order valence-electron chi connectivity index (χ0n) is 11.9. The van der Waals surface area contributed by atoms with Crippen molar-refractivity contribution in [1.82, 2.24) is 0 Å². The van der Waals surface area contributed by atoms with E-state index in [0.29, 0.717) is 12.5 Å². The Labute approximate surface area is 124 Å². The van der Waals surface area contributed by atoms with Gasteiger partial charge in [-0.15, -0.1) is 0 Å². The highest BCUT2D eigenvalue weighted by Gasteiger charge is 1.98. The normalized spacial score (nSPS) is 11.2. The van der Waals surface area contributed by atoms with Crippen molar-refractivity contribution in [2.24, 2.45) is 10.7 Å². The van der Waals surface area contributed by atoms with Crippen LogP contribution < -0.4 is 15.8 Å². The summed E-state index contributed by atoms with van der Waals surface area (Å²) in [7, 11) is 1.62. The van der Waals surface area contributed by atoms with Crippen molar-refractivity contribution in [3.8, 4) is 11.5 Å². The number of rotatable bonds is 5. The molecular formula is C16H19N3O2. The lowest BCUT2D eigenvalue weighted by atomic mass is 10.1. The topological polar surface area (TPSA) is 79.9 Å². The Kier molecular flexibility index (Phi) is 5.04. The molecule has 0 amide bonds. The fourth-order valence-corrected chi connectivity index (χ4v) is 1.91. The minimum absolute atomic E-state index is 0.263. The lowest BCUT2D eigenvalue weighted by Crippen LogP contribution is -2.23. The van der Waals surface area contributed by atoms with Gasteiger partial charge in [0.2, 0.25) is 0 Å². The second kappa shape index (κ2) is 7.19. The van der Waals surface area contributed by atoms with Gasteiger partial charge in [-0.25, -0.2) is 0 Å². The molecule has 5 heteroatoms. The van der Waals surface area contributed by atoms with E-state index in [1.165, 1.54) is 0 Å². The van der Waals surface area contributed by atoms with Gasteiger partial charge < -0.3 is 20.9 Å². The van der Waals surface area contributed by atoms with Gasteiger partial charge >= 0.3 is 0 Å². The van der Waals surface area contributed by atoms with Gasteiger partial charge in [0.05, 0.1) is 7.11 Å². The number of nitrogens with two attached hydrogens (primary N) is 1. The molecule has 0 aromatic heterocycles. The number of aliphatic imine (C=N–C) groups is 1. The van der Waals surface area contributed by atoms with E-state index in [4.69, 9.17) is 10.5 Å². The maximum absolute atomic E-state index is 9.38. The van der Waals surface area contributed by atoms with Crippen LogP contribution in [0, 0.1) is 0 Å². The Hall–Kier alpha value is -2.69. The number of ether oxygens (including phenoxy) is 1. The van der Waals surface area contributed by atoms with E-state index in [1.54, 1.807) is 19.2 Å². The van der Waals surface area contributed by atoms with Crippen LogP contribution in [-0.2, 0) is 6.42 Å². The number of aromatic hydroxyl groups is 1. The van der Waals surface area contributed by atoms with Crippen molar-refractivity contribution in [2.45, 2.75) is 6.42 Å². The van der Waals surface area contributed by atoms with Gasteiger partial charge in [0.25, 0.3) is 0 Å². The average Bonchev–Trinajstić information content (AvgIpc) is 2.47. The number of nitrogens with zero attached hydrogens (tertiary/aromatic N) is 1. The van der Waals surface area contributed by atoms with Gasteiger partial charge in [-0.1, -0.05) is 18.2 Å². The molecule has 0 spiro atoms. The maximum atomic E-state index is 9.38. The van der Waals surface area contributed by atoms with E-state index in [-0.39, 0.29) is 5.75 Å². The van der Waals surface area contributed by atoms with Crippen LogP contribution in [0.3, 0.4) is 0 Å². The number of hydrogen-bond donors (Lipinski definition) is 3. The van der Waals surface area contributed by atoms with Crippen molar-refractivity contribution >= 4 is 11.6 Å². The molecule has 0 saturated heterocycles. The van der Waals surface area contributed by atoms with E-state index >= 15 is 0 Å². The molecule has 0 radical (unpaired) electrons. The first kappa shape index (κ1) is 14.7. The summed E-state index contributed by atoms with van der Waals surface area (Å²) in [5.41, 5.74) is 7.69. The zero-order chi connectivity index (χ0) is 15.1. The number of guanidine groups is 1. The molecule has 0 saturated carbocycles. The van der Waals surface area contributed by atoms with Gasteiger partial charge in [-0.05, 0) is 36.2 Å². The predicted molar refractivity (Wildman–Crippen MR) is 84.9 cm³/mol. The van der Waals surface area contributed by atoms with E-state index in [2.05, 4.69) is 10.3 Å². The van der Waals surface area contributed by atoms with Crippen molar-refractivity contribution in [2.75, 3.05) is 19.0 Å². The summed E-state index contributed by atoms with van der Waals surface area (Å²) in [5, 5.41) is 12.4. The molecule has 2 aromatic carbocycles. The van der Waals surface area contributed by atoms with Crippen molar-refractivity contribution < 1.29 is 9.84 Å². The molecule has 4 N–H and O–H groups in total. The Bertz CT molecular complexity index is 626. The first-order valence-electron chi connectivity index (χ1n) is 6.66. The number of hydrogen-bond acceptors (Lipinski definition) is 3. The van der Waals surface area contributed by atoms with Crippen LogP contribution in [0.15, 0.2) is 53.5 Å². The summed E-state index contributed by atoms with van der Waals surface area (Å²) < 4.78 is 5.14. The lowest BCUT2D eigenvalue weighted by molar-refractivity contribution is 0.415. The number of phenolic OH excluding ortho intramolecular Hbond substituents is 1. The Morgan fingerprint density at radius 1 is 1.24 bits per heavy atom.